The molecule has 0 aliphatic carbocycles. The summed E-state index contributed by atoms with van der Waals surface area (Å²) in [5.74, 6) is -1.75. The van der Waals surface area contributed by atoms with Crippen molar-refractivity contribution >= 4 is 35.3 Å². The fourth-order valence-electron chi connectivity index (χ4n) is 2.05. The third kappa shape index (κ3) is 2.84. The zero-order chi connectivity index (χ0) is 18.1. The summed E-state index contributed by atoms with van der Waals surface area (Å²) >= 11 is 5.83. The molecule has 0 saturated carbocycles. The quantitative estimate of drug-likeness (QED) is 0.805. The summed E-state index contributed by atoms with van der Waals surface area (Å²) in [6.45, 7) is 1.14. The van der Waals surface area contributed by atoms with Crippen LogP contribution in [0.15, 0.2) is 24.3 Å². The van der Waals surface area contributed by atoms with Gasteiger partial charge in [0, 0.05) is 0 Å². The lowest BCUT2D eigenvalue weighted by Gasteiger charge is -2.29. The number of imide groups is 1. The first-order valence-corrected chi connectivity index (χ1v) is 6.94. The predicted octanol–water partition coefficient (Wildman–Crippen LogP) is 2.40. The number of para-hydroxylation sites is 1. The van der Waals surface area contributed by atoms with Crippen molar-refractivity contribution in [3.8, 4) is 0 Å². The highest BCUT2D eigenvalue weighted by Gasteiger charge is 2.69. The van der Waals surface area contributed by atoms with E-state index in [1.54, 1.807) is 0 Å². The van der Waals surface area contributed by atoms with E-state index < -0.39 is 29.9 Å². The first-order valence-electron chi connectivity index (χ1n) is 6.57. The molecule has 24 heavy (non-hydrogen) atoms. The van der Waals surface area contributed by atoms with E-state index in [1.165, 1.54) is 41.8 Å². The van der Waals surface area contributed by atoms with Gasteiger partial charge in [-0.15, -0.1) is 0 Å². The number of carbonyl (C=O) groups is 3. The summed E-state index contributed by atoms with van der Waals surface area (Å²) < 4.78 is 44.8. The van der Waals surface area contributed by atoms with E-state index >= 15 is 0 Å². The number of carbonyl (C=O) groups excluding carboxylic acids is 3. The fourth-order valence-corrected chi connectivity index (χ4v) is 2.27. The molecule has 0 bridgehead atoms. The van der Waals surface area contributed by atoms with Crippen molar-refractivity contribution in [2.24, 2.45) is 0 Å². The average molecular weight is 366 g/mol. The van der Waals surface area contributed by atoms with E-state index in [4.69, 9.17) is 11.6 Å². The van der Waals surface area contributed by atoms with E-state index in [-0.39, 0.29) is 22.2 Å². The molecule has 2 N–H and O–H groups in total. The van der Waals surface area contributed by atoms with Gasteiger partial charge in [-0.3, -0.25) is 15.4 Å². The molecule has 1 aromatic carbocycles. The van der Waals surface area contributed by atoms with Gasteiger partial charge in [-0.1, -0.05) is 23.7 Å². The van der Waals surface area contributed by atoms with Crippen molar-refractivity contribution in [3.05, 3.63) is 29.3 Å². The van der Waals surface area contributed by atoms with Crippen LogP contribution in [-0.2, 0) is 9.53 Å². The number of ether oxygens (including phenoxy) is 1. The molecule has 4 amide bonds. The molecule has 1 fully saturated rings. The van der Waals surface area contributed by atoms with Gasteiger partial charge >= 0.3 is 18.3 Å². The number of rotatable bonds is 3. The summed E-state index contributed by atoms with van der Waals surface area (Å²) in [6, 6.07) is 3.95. The van der Waals surface area contributed by atoms with E-state index in [0.717, 1.165) is 0 Å². The van der Waals surface area contributed by atoms with Gasteiger partial charge in [-0.2, -0.15) is 13.2 Å². The number of nitrogens with one attached hydrogen (secondary N) is 2. The van der Waals surface area contributed by atoms with Crippen molar-refractivity contribution in [2.45, 2.75) is 18.8 Å². The topological polar surface area (TPSA) is 87.7 Å². The van der Waals surface area contributed by atoms with Crippen LogP contribution in [0.25, 0.3) is 0 Å². The van der Waals surface area contributed by atoms with Crippen LogP contribution in [0.4, 0.5) is 28.4 Å². The van der Waals surface area contributed by atoms with Crippen LogP contribution in [0.3, 0.4) is 0 Å². The molecule has 11 heteroatoms. The third-order valence-electron chi connectivity index (χ3n) is 3.10. The fraction of sp³-hybridized carbons (Fsp3) is 0.308. The van der Waals surface area contributed by atoms with Crippen LogP contribution < -0.4 is 15.5 Å². The standard InChI is InChI=1S/C13H11ClF3N3O4/c1-2-24-11(23)19-12(13(15,16)17)9(21)20(10(22)18-12)8-6-4-3-5-7(8)14/h3-6H,2H2,1H3,(H,18,22)(H,19,23). The molecule has 1 aromatic rings. The van der Waals surface area contributed by atoms with Crippen LogP contribution in [0.1, 0.15) is 6.92 Å². The van der Waals surface area contributed by atoms with Gasteiger partial charge in [0.1, 0.15) is 0 Å². The smallest absolute Gasteiger partial charge is 0.440 e. The Hall–Kier alpha value is -2.49. The lowest BCUT2D eigenvalue weighted by atomic mass is 10.1. The number of hydrogen-bond acceptors (Lipinski definition) is 4. The average Bonchev–Trinajstić information content (AvgIpc) is 2.72. The highest BCUT2D eigenvalue weighted by molar-refractivity contribution is 6.36. The molecule has 130 valence electrons. The minimum atomic E-state index is -5.32. The number of halogens is 4. The number of benzene rings is 1. The molecular formula is C13H11ClF3N3O4. The first kappa shape index (κ1) is 17.9. The van der Waals surface area contributed by atoms with Crippen LogP contribution in [0.5, 0.6) is 0 Å². The van der Waals surface area contributed by atoms with Gasteiger partial charge in [-0.25, -0.2) is 14.5 Å². The molecule has 1 atom stereocenters. The Balaban J connectivity index is 2.48. The second kappa shape index (κ2) is 6.19. The van der Waals surface area contributed by atoms with Crippen molar-refractivity contribution in [1.29, 1.82) is 0 Å². The maximum absolute atomic E-state index is 13.5. The number of anilines is 1. The van der Waals surface area contributed by atoms with Gasteiger partial charge in [-0.05, 0) is 19.1 Å². The largest absolute Gasteiger partial charge is 0.450 e. The van der Waals surface area contributed by atoms with Crippen LogP contribution in [0, 0.1) is 0 Å². The molecule has 1 unspecified atom stereocenters. The van der Waals surface area contributed by atoms with Gasteiger partial charge in [0.05, 0.1) is 17.3 Å². The van der Waals surface area contributed by atoms with Crippen molar-refractivity contribution in [1.82, 2.24) is 10.6 Å². The number of alkyl halides is 3. The Kier molecular flexibility index (Phi) is 4.61. The zero-order valence-electron chi connectivity index (χ0n) is 12.1. The van der Waals surface area contributed by atoms with Crippen molar-refractivity contribution < 1.29 is 32.3 Å². The molecule has 1 heterocycles. The summed E-state index contributed by atoms with van der Waals surface area (Å²) in [6.07, 6.45) is -6.83. The molecular weight excluding hydrogens is 355 g/mol. The first-order chi connectivity index (χ1) is 11.1. The SMILES string of the molecule is CCOC(=O)NC1(C(F)(F)F)NC(=O)N(c2ccccc2Cl)C1=O. The predicted molar refractivity (Wildman–Crippen MR) is 76.4 cm³/mol. The zero-order valence-corrected chi connectivity index (χ0v) is 12.9. The lowest BCUT2D eigenvalue weighted by molar-refractivity contribution is -0.197. The summed E-state index contributed by atoms with van der Waals surface area (Å²) in [4.78, 5) is 36.0. The summed E-state index contributed by atoms with van der Waals surface area (Å²) in [5, 5.41) is 2.73. The Morgan fingerprint density at radius 1 is 1.38 bits per heavy atom. The Labute approximate surface area is 138 Å². The van der Waals surface area contributed by atoms with E-state index in [9.17, 15) is 27.6 Å². The lowest BCUT2D eigenvalue weighted by Crippen LogP contribution is -2.69. The van der Waals surface area contributed by atoms with Crippen LogP contribution >= 0.6 is 11.6 Å². The second-order valence-electron chi connectivity index (χ2n) is 4.62. The Morgan fingerprint density at radius 2 is 2.00 bits per heavy atom. The van der Waals surface area contributed by atoms with Gasteiger partial charge in [0.2, 0.25) is 0 Å². The highest BCUT2D eigenvalue weighted by atomic mass is 35.5. The maximum atomic E-state index is 13.5. The van der Waals surface area contributed by atoms with E-state index in [1.807, 2.05) is 0 Å². The summed E-state index contributed by atoms with van der Waals surface area (Å²) in [5.41, 5.74) is -3.89. The maximum Gasteiger partial charge on any atom is 0.440 e. The molecule has 1 aliphatic rings. The van der Waals surface area contributed by atoms with Crippen LogP contribution in [0.2, 0.25) is 5.02 Å². The Bertz CT molecular complexity index is 697. The molecule has 0 spiro atoms. The molecule has 1 saturated heterocycles. The third-order valence-corrected chi connectivity index (χ3v) is 3.42. The Morgan fingerprint density at radius 3 is 2.54 bits per heavy atom. The summed E-state index contributed by atoms with van der Waals surface area (Å²) in [7, 11) is 0. The van der Waals surface area contributed by atoms with Gasteiger partial charge < -0.3 is 4.74 Å². The number of hydrogen-bond donors (Lipinski definition) is 2. The number of nitrogens with zero attached hydrogens (tertiary/aromatic N) is 1. The van der Waals surface area contributed by atoms with Crippen LogP contribution in [-0.4, -0.2) is 36.5 Å². The normalized spacial score (nSPS) is 20.8. The molecule has 1 aliphatic heterocycles. The minimum Gasteiger partial charge on any atom is -0.450 e. The van der Waals surface area contributed by atoms with Crippen molar-refractivity contribution in [2.75, 3.05) is 11.5 Å². The second-order valence-corrected chi connectivity index (χ2v) is 5.02. The molecule has 0 aromatic heterocycles. The minimum absolute atomic E-state index is 0.116. The van der Waals surface area contributed by atoms with E-state index in [2.05, 4.69) is 4.74 Å². The molecule has 7 nitrogen and oxygen atoms in total. The number of alkyl carbamates (subject to hydrolysis) is 1. The van der Waals surface area contributed by atoms with Gasteiger partial charge in [0.25, 0.3) is 11.6 Å². The van der Waals surface area contributed by atoms with Gasteiger partial charge in [0.15, 0.2) is 0 Å². The highest BCUT2D eigenvalue weighted by Crippen LogP contribution is 2.37. The molecule has 2 rings (SSSR count). The van der Waals surface area contributed by atoms with E-state index in [0.29, 0.717) is 0 Å². The van der Waals surface area contributed by atoms with Crippen molar-refractivity contribution in [3.63, 3.8) is 0 Å². The number of amides is 4. The number of urea groups is 1. The molecule has 0 radical (unpaired) electrons. The monoisotopic (exact) mass is 365 g/mol.